The summed E-state index contributed by atoms with van der Waals surface area (Å²) in [7, 11) is 0. The summed E-state index contributed by atoms with van der Waals surface area (Å²) >= 11 is 6.10. The van der Waals surface area contributed by atoms with Crippen molar-refractivity contribution in [1.29, 1.82) is 0 Å². The van der Waals surface area contributed by atoms with Crippen LogP contribution in [0.25, 0.3) is 11.1 Å². The molecule has 0 N–H and O–H groups in total. The highest BCUT2D eigenvalue weighted by Crippen LogP contribution is 2.40. The topological polar surface area (TPSA) is 34.1 Å². The van der Waals surface area contributed by atoms with Crippen molar-refractivity contribution >= 4 is 23.2 Å². The van der Waals surface area contributed by atoms with E-state index in [0.717, 1.165) is 47.1 Å². The number of carbonyl (C=O) groups is 2. The molecule has 138 valence electrons. The zero-order valence-corrected chi connectivity index (χ0v) is 16.4. The van der Waals surface area contributed by atoms with Gasteiger partial charge in [0.05, 0.1) is 0 Å². The first-order valence-corrected chi connectivity index (χ1v) is 10.0. The van der Waals surface area contributed by atoms with Crippen LogP contribution in [0.3, 0.4) is 0 Å². The quantitative estimate of drug-likeness (QED) is 0.507. The standard InChI is InChI=1S/C24H23ClO2/c1-3-15-4-9-18(20-11-10-19(25)12-14(20)2)13-21(15)22-23(26)16-5-6-17(8-7-16)24(22)27/h4-6,9-13,16-17,22H,3,7-8H2,1-2H3/t16-,17+,22?. The summed E-state index contributed by atoms with van der Waals surface area (Å²) in [5.41, 5.74) is 5.16. The first kappa shape index (κ1) is 18.2. The third kappa shape index (κ3) is 3.17. The maximum atomic E-state index is 13.2. The van der Waals surface area contributed by atoms with Crippen molar-refractivity contribution in [2.75, 3.05) is 0 Å². The minimum atomic E-state index is -0.639. The predicted molar refractivity (Wildman–Crippen MR) is 109 cm³/mol. The average molecular weight is 379 g/mol. The number of benzene rings is 2. The Bertz CT molecular complexity index is 931. The van der Waals surface area contributed by atoms with E-state index in [2.05, 4.69) is 25.1 Å². The van der Waals surface area contributed by atoms with Crippen molar-refractivity contribution in [2.45, 2.75) is 39.0 Å². The molecule has 0 saturated heterocycles. The summed E-state index contributed by atoms with van der Waals surface area (Å²) in [5, 5.41) is 0.707. The summed E-state index contributed by atoms with van der Waals surface area (Å²) in [6.45, 7) is 4.10. The average Bonchev–Trinajstić information content (AvgIpc) is 2.86. The van der Waals surface area contributed by atoms with Crippen LogP contribution >= 0.6 is 11.6 Å². The van der Waals surface area contributed by atoms with E-state index < -0.39 is 5.92 Å². The molecule has 0 radical (unpaired) electrons. The molecule has 0 aliphatic heterocycles. The van der Waals surface area contributed by atoms with E-state index in [0.29, 0.717) is 5.02 Å². The van der Waals surface area contributed by atoms with Gasteiger partial charge in [0.1, 0.15) is 5.92 Å². The second-order valence-electron chi connectivity index (χ2n) is 7.64. The maximum Gasteiger partial charge on any atom is 0.154 e. The fraction of sp³-hybridized carbons (Fsp3) is 0.333. The van der Waals surface area contributed by atoms with Gasteiger partial charge in [0.2, 0.25) is 0 Å². The highest BCUT2D eigenvalue weighted by Gasteiger charge is 2.42. The maximum absolute atomic E-state index is 13.2. The Hall–Kier alpha value is -2.19. The molecule has 27 heavy (non-hydrogen) atoms. The third-order valence-electron chi connectivity index (χ3n) is 6.00. The Labute approximate surface area is 165 Å². The minimum Gasteiger partial charge on any atom is -0.298 e. The molecule has 2 aromatic rings. The van der Waals surface area contributed by atoms with Crippen LogP contribution in [-0.2, 0) is 16.0 Å². The number of aryl methyl sites for hydroxylation is 2. The van der Waals surface area contributed by atoms with Crippen LogP contribution in [0.5, 0.6) is 0 Å². The lowest BCUT2D eigenvalue weighted by Crippen LogP contribution is -2.26. The van der Waals surface area contributed by atoms with E-state index in [1.54, 1.807) is 0 Å². The van der Waals surface area contributed by atoms with E-state index in [9.17, 15) is 9.59 Å². The van der Waals surface area contributed by atoms with E-state index in [1.165, 1.54) is 0 Å². The zero-order valence-electron chi connectivity index (χ0n) is 15.7. The lowest BCUT2D eigenvalue weighted by Gasteiger charge is -2.20. The van der Waals surface area contributed by atoms with Gasteiger partial charge in [-0.1, -0.05) is 48.9 Å². The van der Waals surface area contributed by atoms with Crippen molar-refractivity contribution in [2.24, 2.45) is 11.8 Å². The molecular weight excluding hydrogens is 356 g/mol. The highest BCUT2D eigenvalue weighted by atomic mass is 35.5. The van der Waals surface area contributed by atoms with Gasteiger partial charge in [0.15, 0.2) is 11.6 Å². The lowest BCUT2D eigenvalue weighted by molar-refractivity contribution is -0.130. The molecular formula is C24H23ClO2. The molecule has 0 amide bonds. The minimum absolute atomic E-state index is 0.0657. The summed E-state index contributed by atoms with van der Waals surface area (Å²) < 4.78 is 0. The van der Waals surface area contributed by atoms with Crippen molar-refractivity contribution in [3.8, 4) is 11.1 Å². The van der Waals surface area contributed by atoms with Crippen LogP contribution in [0.1, 0.15) is 42.4 Å². The van der Waals surface area contributed by atoms with Gasteiger partial charge in [0.25, 0.3) is 0 Å². The molecule has 1 saturated carbocycles. The monoisotopic (exact) mass is 378 g/mol. The number of halogens is 1. The molecule has 1 unspecified atom stereocenters. The number of rotatable bonds is 3. The fourth-order valence-corrected chi connectivity index (χ4v) is 4.70. The van der Waals surface area contributed by atoms with Gasteiger partial charge >= 0.3 is 0 Å². The molecule has 0 aromatic heterocycles. The normalized spacial score (nSPS) is 24.3. The Balaban J connectivity index is 1.84. The Morgan fingerprint density at radius 2 is 1.63 bits per heavy atom. The van der Waals surface area contributed by atoms with Gasteiger partial charge in [-0.25, -0.2) is 0 Å². The van der Waals surface area contributed by atoms with Crippen LogP contribution in [0.15, 0.2) is 48.6 Å². The smallest absolute Gasteiger partial charge is 0.154 e. The van der Waals surface area contributed by atoms with Gasteiger partial charge in [0, 0.05) is 16.9 Å². The number of hydrogen-bond acceptors (Lipinski definition) is 2. The first-order valence-electron chi connectivity index (χ1n) is 9.64. The van der Waals surface area contributed by atoms with Gasteiger partial charge < -0.3 is 0 Å². The molecule has 3 heteroatoms. The van der Waals surface area contributed by atoms with Crippen molar-refractivity contribution in [1.82, 2.24) is 0 Å². The second-order valence-corrected chi connectivity index (χ2v) is 8.08. The molecule has 5 rings (SSSR count). The lowest BCUT2D eigenvalue weighted by atomic mass is 9.81. The Kier molecular flexibility index (Phi) is 4.77. The first-order chi connectivity index (χ1) is 13.0. The van der Waals surface area contributed by atoms with Crippen molar-refractivity contribution in [3.05, 3.63) is 70.3 Å². The van der Waals surface area contributed by atoms with E-state index in [1.807, 2.05) is 37.3 Å². The predicted octanol–water partition coefficient (Wildman–Crippen LogP) is 5.70. The van der Waals surface area contributed by atoms with Crippen LogP contribution < -0.4 is 0 Å². The number of fused-ring (bicyclic) bond motifs is 3. The van der Waals surface area contributed by atoms with Gasteiger partial charge in [-0.15, -0.1) is 0 Å². The van der Waals surface area contributed by atoms with Crippen molar-refractivity contribution < 1.29 is 9.59 Å². The van der Waals surface area contributed by atoms with E-state index in [4.69, 9.17) is 11.6 Å². The fourth-order valence-electron chi connectivity index (χ4n) is 4.47. The summed E-state index contributed by atoms with van der Waals surface area (Å²) in [6, 6.07) is 12.0. The molecule has 3 atom stereocenters. The van der Waals surface area contributed by atoms with Gasteiger partial charge in [-0.3, -0.25) is 9.59 Å². The third-order valence-corrected chi connectivity index (χ3v) is 6.24. The molecule has 2 nitrogen and oxygen atoms in total. The highest BCUT2D eigenvalue weighted by molar-refractivity contribution is 6.30. The summed E-state index contributed by atoms with van der Waals surface area (Å²) in [6.07, 6.45) is 6.29. The van der Waals surface area contributed by atoms with Gasteiger partial charge in [-0.05, 0) is 72.2 Å². The molecule has 3 aliphatic rings. The molecule has 0 spiro atoms. The van der Waals surface area contributed by atoms with Crippen molar-refractivity contribution in [3.63, 3.8) is 0 Å². The number of hydrogen-bond donors (Lipinski definition) is 0. The van der Waals surface area contributed by atoms with Crippen LogP contribution in [0.2, 0.25) is 5.02 Å². The number of carbonyl (C=O) groups excluding carboxylic acids is 2. The van der Waals surface area contributed by atoms with E-state index >= 15 is 0 Å². The second kappa shape index (κ2) is 7.09. The van der Waals surface area contributed by atoms with Crippen LogP contribution in [0, 0.1) is 18.8 Å². The zero-order chi connectivity index (χ0) is 19.1. The Morgan fingerprint density at radius 1 is 0.963 bits per heavy atom. The number of Topliss-reactive ketones (excluding diaryl/α,β-unsaturated/α-hetero) is 2. The molecule has 3 aliphatic carbocycles. The van der Waals surface area contributed by atoms with Gasteiger partial charge in [-0.2, -0.15) is 0 Å². The molecule has 2 aromatic carbocycles. The number of ketones is 2. The summed E-state index contributed by atoms with van der Waals surface area (Å²) in [4.78, 5) is 26.3. The van der Waals surface area contributed by atoms with Crippen LogP contribution in [0.4, 0.5) is 0 Å². The Morgan fingerprint density at radius 3 is 2.19 bits per heavy atom. The SMILES string of the molecule is CCc1ccc(-c2ccc(Cl)cc2C)cc1C1C(=O)[C@@H]2C=C[C@@H](CC2)C1=O. The summed E-state index contributed by atoms with van der Waals surface area (Å²) in [5.74, 6) is -0.751. The molecule has 2 bridgehead atoms. The van der Waals surface area contributed by atoms with Crippen LogP contribution in [-0.4, -0.2) is 11.6 Å². The molecule has 0 heterocycles. The number of allylic oxidation sites excluding steroid dienone is 2. The molecule has 1 fully saturated rings. The largest absolute Gasteiger partial charge is 0.298 e. The van der Waals surface area contributed by atoms with E-state index in [-0.39, 0.29) is 23.4 Å².